The standard InChI is InChI=1S/C18H14BrF6N/c19-14-2-3-15-11(7-14)1-4-16(15)26-9-10-5-12(17(20,21)22)8-13(6-10)18(23,24)25/h2-3,5-8,16,26H,1,4,9H2. The van der Waals surface area contributed by atoms with E-state index in [2.05, 4.69) is 21.2 Å². The van der Waals surface area contributed by atoms with E-state index in [0.29, 0.717) is 0 Å². The molecule has 8 heteroatoms. The topological polar surface area (TPSA) is 12.0 Å². The van der Waals surface area contributed by atoms with Crippen LogP contribution >= 0.6 is 15.9 Å². The zero-order valence-corrected chi connectivity index (χ0v) is 14.9. The van der Waals surface area contributed by atoms with Gasteiger partial charge >= 0.3 is 12.4 Å². The Morgan fingerprint density at radius 2 is 1.54 bits per heavy atom. The van der Waals surface area contributed by atoms with Gasteiger partial charge in [-0.15, -0.1) is 0 Å². The van der Waals surface area contributed by atoms with Crippen LogP contribution in [0.4, 0.5) is 26.3 Å². The van der Waals surface area contributed by atoms with Crippen LogP contribution in [0.3, 0.4) is 0 Å². The predicted octanol–water partition coefficient (Wildman–Crippen LogP) is 6.26. The molecule has 1 nitrogen and oxygen atoms in total. The van der Waals surface area contributed by atoms with Crippen molar-refractivity contribution in [2.75, 3.05) is 0 Å². The summed E-state index contributed by atoms with van der Waals surface area (Å²) >= 11 is 3.38. The summed E-state index contributed by atoms with van der Waals surface area (Å²) in [7, 11) is 0. The molecule has 0 aromatic heterocycles. The monoisotopic (exact) mass is 437 g/mol. The minimum atomic E-state index is -4.83. The van der Waals surface area contributed by atoms with Crippen molar-refractivity contribution >= 4 is 15.9 Å². The molecule has 0 aliphatic heterocycles. The second-order valence-electron chi connectivity index (χ2n) is 6.23. The molecule has 0 heterocycles. The largest absolute Gasteiger partial charge is 0.416 e. The van der Waals surface area contributed by atoms with E-state index in [4.69, 9.17) is 0 Å². The number of alkyl halides is 6. The quantitative estimate of drug-likeness (QED) is 0.558. The molecule has 0 spiro atoms. The van der Waals surface area contributed by atoms with Crippen molar-refractivity contribution in [2.24, 2.45) is 0 Å². The third kappa shape index (κ3) is 4.23. The lowest BCUT2D eigenvalue weighted by Crippen LogP contribution is -2.20. The van der Waals surface area contributed by atoms with Gasteiger partial charge in [0.25, 0.3) is 0 Å². The van der Waals surface area contributed by atoms with E-state index in [1.165, 1.54) is 0 Å². The molecule has 2 aromatic carbocycles. The Balaban J connectivity index is 1.82. The summed E-state index contributed by atoms with van der Waals surface area (Å²) in [6, 6.07) is 7.33. The molecule has 0 amide bonds. The van der Waals surface area contributed by atoms with E-state index in [0.717, 1.165) is 40.6 Å². The van der Waals surface area contributed by atoms with Gasteiger partial charge in [0.1, 0.15) is 0 Å². The smallest absolute Gasteiger partial charge is 0.306 e. The fourth-order valence-corrected chi connectivity index (χ4v) is 3.57. The Hall–Kier alpha value is -1.54. The fourth-order valence-electron chi connectivity index (χ4n) is 3.16. The first-order valence-electron chi connectivity index (χ1n) is 7.84. The molecule has 1 aliphatic rings. The number of hydrogen-bond donors (Lipinski definition) is 1. The van der Waals surface area contributed by atoms with E-state index < -0.39 is 23.5 Å². The van der Waals surface area contributed by atoms with Crippen molar-refractivity contribution in [1.82, 2.24) is 5.32 Å². The number of benzene rings is 2. The molecule has 1 atom stereocenters. The van der Waals surface area contributed by atoms with Gasteiger partial charge < -0.3 is 5.32 Å². The highest BCUT2D eigenvalue weighted by Crippen LogP contribution is 2.37. The molecule has 26 heavy (non-hydrogen) atoms. The molecule has 140 valence electrons. The lowest BCUT2D eigenvalue weighted by atomic mass is 10.0. The number of nitrogens with one attached hydrogen (secondary N) is 1. The third-order valence-electron chi connectivity index (χ3n) is 4.38. The van der Waals surface area contributed by atoms with E-state index in [1.54, 1.807) is 0 Å². The minimum absolute atomic E-state index is 0.0438. The van der Waals surface area contributed by atoms with Crippen molar-refractivity contribution in [3.63, 3.8) is 0 Å². The highest BCUT2D eigenvalue weighted by Gasteiger charge is 2.37. The summed E-state index contributed by atoms with van der Waals surface area (Å²) in [6.45, 7) is -0.0762. The Bertz CT molecular complexity index is 780. The molecule has 0 saturated heterocycles. The normalized spacial score (nSPS) is 17.4. The summed E-state index contributed by atoms with van der Waals surface area (Å²) in [5, 5.41) is 3.08. The minimum Gasteiger partial charge on any atom is -0.306 e. The molecule has 1 aliphatic carbocycles. The maximum absolute atomic E-state index is 12.9. The van der Waals surface area contributed by atoms with Crippen molar-refractivity contribution in [2.45, 2.75) is 37.8 Å². The predicted molar refractivity (Wildman–Crippen MR) is 88.5 cm³/mol. The summed E-state index contributed by atoms with van der Waals surface area (Å²) in [6.07, 6.45) is -8.11. The molecule has 2 aromatic rings. The third-order valence-corrected chi connectivity index (χ3v) is 4.88. The maximum atomic E-state index is 12.9. The average molecular weight is 438 g/mol. The molecule has 1 unspecified atom stereocenters. The molecule has 0 bridgehead atoms. The second kappa shape index (κ2) is 6.88. The molecule has 0 radical (unpaired) electrons. The van der Waals surface area contributed by atoms with E-state index in [-0.39, 0.29) is 24.2 Å². The van der Waals surface area contributed by atoms with E-state index in [1.807, 2.05) is 18.2 Å². The Labute approximate surface area is 154 Å². The molecular weight excluding hydrogens is 424 g/mol. The van der Waals surface area contributed by atoms with Crippen LogP contribution in [-0.2, 0) is 25.3 Å². The van der Waals surface area contributed by atoms with Crippen molar-refractivity contribution in [1.29, 1.82) is 0 Å². The summed E-state index contributed by atoms with van der Waals surface area (Å²) < 4.78 is 78.5. The van der Waals surface area contributed by atoms with Gasteiger partial charge in [0.05, 0.1) is 11.1 Å². The van der Waals surface area contributed by atoms with Crippen LogP contribution in [0, 0.1) is 0 Å². The van der Waals surface area contributed by atoms with Gasteiger partial charge in [-0.05, 0) is 59.9 Å². The zero-order chi connectivity index (χ0) is 19.1. The van der Waals surface area contributed by atoms with Gasteiger partial charge in [-0.1, -0.05) is 22.0 Å². The first-order valence-corrected chi connectivity index (χ1v) is 8.63. The second-order valence-corrected chi connectivity index (χ2v) is 7.15. The van der Waals surface area contributed by atoms with Crippen LogP contribution in [0.1, 0.15) is 40.3 Å². The Kier molecular flexibility index (Phi) is 5.09. The number of rotatable bonds is 3. The SMILES string of the molecule is FC(F)(F)c1cc(CNC2CCc3cc(Br)ccc32)cc(C(F)(F)F)c1. The summed E-state index contributed by atoms with van der Waals surface area (Å²) in [5.41, 5.74) is -0.481. The average Bonchev–Trinajstić information content (AvgIpc) is 2.93. The first-order chi connectivity index (χ1) is 12.0. The summed E-state index contributed by atoms with van der Waals surface area (Å²) in [4.78, 5) is 0. The van der Waals surface area contributed by atoms with Crippen molar-refractivity contribution in [3.05, 3.63) is 68.7 Å². The van der Waals surface area contributed by atoms with Gasteiger partial charge in [-0.2, -0.15) is 26.3 Å². The van der Waals surface area contributed by atoms with Gasteiger partial charge in [0.2, 0.25) is 0 Å². The summed E-state index contributed by atoms with van der Waals surface area (Å²) in [5.74, 6) is 0. The lowest BCUT2D eigenvalue weighted by molar-refractivity contribution is -0.143. The van der Waals surface area contributed by atoms with Gasteiger partial charge in [-0.25, -0.2) is 0 Å². The Morgan fingerprint density at radius 3 is 2.12 bits per heavy atom. The molecule has 3 rings (SSSR count). The van der Waals surface area contributed by atoms with E-state index >= 15 is 0 Å². The zero-order valence-electron chi connectivity index (χ0n) is 13.3. The Morgan fingerprint density at radius 1 is 0.923 bits per heavy atom. The molecule has 1 N–H and O–H groups in total. The molecule has 0 fully saturated rings. The van der Waals surface area contributed by atoms with Gasteiger partial charge in [0.15, 0.2) is 0 Å². The van der Waals surface area contributed by atoms with Crippen LogP contribution in [0.15, 0.2) is 40.9 Å². The van der Waals surface area contributed by atoms with Crippen LogP contribution in [0.25, 0.3) is 0 Å². The van der Waals surface area contributed by atoms with E-state index in [9.17, 15) is 26.3 Å². The lowest BCUT2D eigenvalue weighted by Gasteiger charge is -2.17. The van der Waals surface area contributed by atoms with Crippen molar-refractivity contribution < 1.29 is 26.3 Å². The van der Waals surface area contributed by atoms with Gasteiger partial charge in [-0.3, -0.25) is 0 Å². The first kappa shape index (κ1) is 19.2. The number of hydrogen-bond acceptors (Lipinski definition) is 1. The van der Waals surface area contributed by atoms with Crippen LogP contribution < -0.4 is 5.32 Å². The van der Waals surface area contributed by atoms with Gasteiger partial charge in [0, 0.05) is 17.1 Å². The highest BCUT2D eigenvalue weighted by atomic mass is 79.9. The number of halogens is 7. The van der Waals surface area contributed by atoms with Crippen LogP contribution in [0.2, 0.25) is 0 Å². The van der Waals surface area contributed by atoms with Crippen molar-refractivity contribution in [3.8, 4) is 0 Å². The fraction of sp³-hybridized carbons (Fsp3) is 0.333. The number of aryl methyl sites for hydroxylation is 1. The highest BCUT2D eigenvalue weighted by molar-refractivity contribution is 9.10. The maximum Gasteiger partial charge on any atom is 0.416 e. The molecule has 0 saturated carbocycles. The number of fused-ring (bicyclic) bond motifs is 1. The van der Waals surface area contributed by atoms with Crippen LogP contribution in [-0.4, -0.2) is 0 Å². The van der Waals surface area contributed by atoms with Crippen LogP contribution in [0.5, 0.6) is 0 Å². The molecular formula is C18H14BrF6N.